The predicted octanol–water partition coefficient (Wildman–Crippen LogP) is 2.76. The lowest BCUT2D eigenvalue weighted by molar-refractivity contribution is -0.136. The van der Waals surface area contributed by atoms with Gasteiger partial charge in [-0.25, -0.2) is 4.98 Å². The number of nitrogens with zero attached hydrogens (tertiary/aromatic N) is 1. The van der Waals surface area contributed by atoms with Crippen LogP contribution in [0.4, 0.5) is 5.13 Å². The Morgan fingerprint density at radius 2 is 2.47 bits per heavy atom. The molecule has 1 fully saturated rings. The molecule has 2 N–H and O–H groups in total. The molecule has 94 valence electrons. The summed E-state index contributed by atoms with van der Waals surface area (Å²) in [6.45, 7) is 4.53. The van der Waals surface area contributed by atoms with Crippen molar-refractivity contribution in [2.24, 2.45) is 5.41 Å². The van der Waals surface area contributed by atoms with Crippen molar-refractivity contribution in [1.82, 2.24) is 4.98 Å². The van der Waals surface area contributed by atoms with Crippen molar-refractivity contribution in [3.05, 3.63) is 11.1 Å². The minimum absolute atomic E-state index is 0.00619. The van der Waals surface area contributed by atoms with E-state index in [0.717, 1.165) is 5.13 Å². The molecule has 0 aromatic carbocycles. The topological polar surface area (TPSA) is 62.2 Å². The lowest BCUT2D eigenvalue weighted by Gasteiger charge is -2.27. The molecule has 0 spiro atoms. The maximum absolute atomic E-state index is 10.6. The van der Waals surface area contributed by atoms with Crippen LogP contribution in [-0.2, 0) is 11.2 Å². The van der Waals surface area contributed by atoms with Gasteiger partial charge < -0.3 is 10.4 Å². The standard InChI is InChI=1S/C12H18N2O2S/c1-12(2)5-3-4-9(12)14-11-13-8(7-17-11)6-10(15)16/h7,9H,3-6H2,1-2H3,(H,13,14)(H,15,16). The van der Waals surface area contributed by atoms with Crippen molar-refractivity contribution < 1.29 is 9.90 Å². The number of anilines is 1. The van der Waals surface area contributed by atoms with Gasteiger partial charge in [0, 0.05) is 11.4 Å². The zero-order chi connectivity index (χ0) is 12.5. The van der Waals surface area contributed by atoms with Crippen LogP contribution in [0.25, 0.3) is 0 Å². The summed E-state index contributed by atoms with van der Waals surface area (Å²) in [5.41, 5.74) is 0.944. The van der Waals surface area contributed by atoms with Gasteiger partial charge in [-0.2, -0.15) is 0 Å². The Hall–Kier alpha value is -1.10. The molecule has 4 nitrogen and oxygen atoms in total. The number of hydrogen-bond donors (Lipinski definition) is 2. The molecule has 1 aromatic heterocycles. The average Bonchev–Trinajstić information content (AvgIpc) is 2.75. The molecule has 1 aromatic rings. The molecule has 1 saturated carbocycles. The number of nitrogens with one attached hydrogen (secondary N) is 1. The third kappa shape index (κ3) is 2.97. The molecule has 0 aliphatic heterocycles. The van der Waals surface area contributed by atoms with E-state index in [1.54, 1.807) is 0 Å². The highest BCUT2D eigenvalue weighted by Crippen LogP contribution is 2.39. The summed E-state index contributed by atoms with van der Waals surface area (Å²) in [5.74, 6) is -0.831. The minimum atomic E-state index is -0.831. The Morgan fingerprint density at radius 3 is 3.06 bits per heavy atom. The molecular weight excluding hydrogens is 236 g/mol. The Balaban J connectivity index is 1.99. The van der Waals surface area contributed by atoms with Crippen LogP contribution >= 0.6 is 11.3 Å². The number of thiazole rings is 1. The van der Waals surface area contributed by atoms with E-state index >= 15 is 0 Å². The van der Waals surface area contributed by atoms with Crippen LogP contribution in [-0.4, -0.2) is 22.1 Å². The van der Waals surface area contributed by atoms with Gasteiger partial charge in [-0.05, 0) is 18.3 Å². The zero-order valence-electron chi connectivity index (χ0n) is 10.2. The van der Waals surface area contributed by atoms with E-state index in [4.69, 9.17) is 5.11 Å². The highest BCUT2D eigenvalue weighted by atomic mass is 32.1. The monoisotopic (exact) mass is 254 g/mol. The van der Waals surface area contributed by atoms with E-state index in [0.29, 0.717) is 17.2 Å². The molecule has 0 amide bonds. The van der Waals surface area contributed by atoms with Gasteiger partial charge in [0.25, 0.3) is 0 Å². The van der Waals surface area contributed by atoms with E-state index < -0.39 is 5.97 Å². The maximum atomic E-state index is 10.6. The molecule has 0 saturated heterocycles. The highest BCUT2D eigenvalue weighted by Gasteiger charge is 2.34. The van der Waals surface area contributed by atoms with Gasteiger partial charge >= 0.3 is 5.97 Å². The van der Waals surface area contributed by atoms with E-state index in [1.165, 1.54) is 30.6 Å². The van der Waals surface area contributed by atoms with Gasteiger partial charge in [-0.15, -0.1) is 11.3 Å². The third-order valence-corrected chi connectivity index (χ3v) is 4.26. The second-order valence-electron chi connectivity index (χ2n) is 5.29. The fourth-order valence-corrected chi connectivity index (χ4v) is 3.12. The van der Waals surface area contributed by atoms with Crippen LogP contribution in [0.3, 0.4) is 0 Å². The van der Waals surface area contributed by atoms with Crippen molar-refractivity contribution in [2.45, 2.75) is 45.6 Å². The van der Waals surface area contributed by atoms with Gasteiger partial charge in [-0.1, -0.05) is 20.3 Å². The molecule has 0 radical (unpaired) electrons. The van der Waals surface area contributed by atoms with Crippen molar-refractivity contribution in [3.63, 3.8) is 0 Å². The molecule has 2 rings (SSSR count). The summed E-state index contributed by atoms with van der Waals surface area (Å²) in [4.78, 5) is 14.9. The number of aromatic nitrogens is 1. The van der Waals surface area contributed by atoms with Crippen LogP contribution < -0.4 is 5.32 Å². The maximum Gasteiger partial charge on any atom is 0.309 e. The smallest absolute Gasteiger partial charge is 0.309 e. The largest absolute Gasteiger partial charge is 0.481 e. The molecule has 1 aliphatic rings. The van der Waals surface area contributed by atoms with Gasteiger partial charge in [0.05, 0.1) is 12.1 Å². The SMILES string of the molecule is CC1(C)CCCC1Nc1nc(CC(=O)O)cs1. The van der Waals surface area contributed by atoms with Crippen LogP contribution in [0.5, 0.6) is 0 Å². The number of carboxylic acid groups (broad SMARTS) is 1. The van der Waals surface area contributed by atoms with Gasteiger partial charge in [0.1, 0.15) is 0 Å². The summed E-state index contributed by atoms with van der Waals surface area (Å²) in [6.07, 6.45) is 3.66. The number of carbonyl (C=O) groups is 1. The van der Waals surface area contributed by atoms with Crippen LogP contribution in [0.15, 0.2) is 5.38 Å². The second kappa shape index (κ2) is 4.64. The zero-order valence-corrected chi connectivity index (χ0v) is 11.0. The first kappa shape index (κ1) is 12.4. The van der Waals surface area contributed by atoms with Crippen molar-refractivity contribution in [1.29, 1.82) is 0 Å². The number of carboxylic acids is 1. The van der Waals surface area contributed by atoms with E-state index in [1.807, 2.05) is 5.38 Å². The van der Waals surface area contributed by atoms with E-state index in [2.05, 4.69) is 24.1 Å². The number of hydrogen-bond acceptors (Lipinski definition) is 4. The number of aliphatic carboxylic acids is 1. The van der Waals surface area contributed by atoms with Crippen molar-refractivity contribution >= 4 is 22.4 Å². The number of rotatable bonds is 4. The molecule has 0 bridgehead atoms. The Labute approximate surface area is 105 Å². The van der Waals surface area contributed by atoms with Gasteiger partial charge in [0.2, 0.25) is 0 Å². The van der Waals surface area contributed by atoms with Crippen LogP contribution in [0.1, 0.15) is 38.8 Å². The first-order valence-corrected chi connectivity index (χ1v) is 6.78. The predicted molar refractivity (Wildman–Crippen MR) is 68.5 cm³/mol. The normalized spacial score (nSPS) is 22.6. The summed E-state index contributed by atoms with van der Waals surface area (Å²) < 4.78 is 0. The Bertz CT molecular complexity index is 414. The first-order valence-electron chi connectivity index (χ1n) is 5.90. The van der Waals surface area contributed by atoms with Crippen LogP contribution in [0.2, 0.25) is 0 Å². The second-order valence-corrected chi connectivity index (χ2v) is 6.15. The summed E-state index contributed by atoms with van der Waals surface area (Å²) in [7, 11) is 0. The molecule has 17 heavy (non-hydrogen) atoms. The molecule has 5 heteroatoms. The van der Waals surface area contributed by atoms with Crippen LogP contribution in [0, 0.1) is 5.41 Å². The summed E-state index contributed by atoms with van der Waals surface area (Å²) in [6, 6.07) is 0.450. The highest BCUT2D eigenvalue weighted by molar-refractivity contribution is 7.13. The molecule has 1 atom stereocenters. The van der Waals surface area contributed by atoms with Gasteiger partial charge in [0.15, 0.2) is 5.13 Å². The lowest BCUT2D eigenvalue weighted by atomic mass is 9.87. The van der Waals surface area contributed by atoms with Crippen molar-refractivity contribution in [3.8, 4) is 0 Å². The van der Waals surface area contributed by atoms with E-state index in [-0.39, 0.29) is 6.42 Å². The van der Waals surface area contributed by atoms with Crippen molar-refractivity contribution in [2.75, 3.05) is 5.32 Å². The Kier molecular flexibility index (Phi) is 3.38. The molecule has 1 unspecified atom stereocenters. The van der Waals surface area contributed by atoms with E-state index in [9.17, 15) is 4.79 Å². The quantitative estimate of drug-likeness (QED) is 0.867. The molecule has 1 aliphatic carbocycles. The lowest BCUT2D eigenvalue weighted by Crippen LogP contribution is -2.30. The fourth-order valence-electron chi connectivity index (χ4n) is 2.35. The first-order chi connectivity index (χ1) is 7.97. The minimum Gasteiger partial charge on any atom is -0.481 e. The summed E-state index contributed by atoms with van der Waals surface area (Å²) >= 11 is 1.49. The average molecular weight is 254 g/mol. The Morgan fingerprint density at radius 1 is 1.71 bits per heavy atom. The fraction of sp³-hybridized carbons (Fsp3) is 0.667. The third-order valence-electron chi connectivity index (χ3n) is 3.44. The summed E-state index contributed by atoms with van der Waals surface area (Å²) in [5, 5.41) is 14.8. The van der Waals surface area contributed by atoms with Gasteiger partial charge in [-0.3, -0.25) is 4.79 Å². The molecular formula is C12H18N2O2S. The molecule has 1 heterocycles.